The van der Waals surface area contributed by atoms with Crippen molar-refractivity contribution in [2.75, 3.05) is 5.48 Å². The summed E-state index contributed by atoms with van der Waals surface area (Å²) in [6.07, 6.45) is 0. The van der Waals surface area contributed by atoms with Gasteiger partial charge < -0.3 is 4.84 Å². The summed E-state index contributed by atoms with van der Waals surface area (Å²) in [5.41, 5.74) is 6.87. The second kappa shape index (κ2) is 4.13. The van der Waals surface area contributed by atoms with Crippen molar-refractivity contribution in [2.24, 2.45) is 0 Å². The van der Waals surface area contributed by atoms with E-state index >= 15 is 0 Å². The summed E-state index contributed by atoms with van der Waals surface area (Å²) in [7, 11) is 0. The fourth-order valence-electron chi connectivity index (χ4n) is 1.46. The molecule has 3 heteroatoms. The van der Waals surface area contributed by atoms with Gasteiger partial charge in [0, 0.05) is 6.92 Å². The molecular formula is C11H15NO2. The Balaban J connectivity index is 2.91. The molecule has 0 amide bonds. The van der Waals surface area contributed by atoms with Gasteiger partial charge in [0.25, 0.3) is 0 Å². The molecule has 0 aromatic heterocycles. The predicted molar refractivity (Wildman–Crippen MR) is 56.0 cm³/mol. The molecule has 1 aromatic rings. The van der Waals surface area contributed by atoms with Gasteiger partial charge in [-0.1, -0.05) is 17.7 Å². The van der Waals surface area contributed by atoms with Gasteiger partial charge in [-0.15, -0.1) is 0 Å². The summed E-state index contributed by atoms with van der Waals surface area (Å²) in [5, 5.41) is 0. The standard InChI is InChI=1S/C11H15NO2/c1-7-5-8(2)11(9(3)6-7)12-14-10(4)13/h5-6,12H,1-4H3. The van der Waals surface area contributed by atoms with E-state index < -0.39 is 0 Å². The van der Waals surface area contributed by atoms with Crippen molar-refractivity contribution in [3.8, 4) is 0 Å². The highest BCUT2D eigenvalue weighted by Gasteiger charge is 2.04. The first kappa shape index (κ1) is 10.6. The van der Waals surface area contributed by atoms with Gasteiger partial charge in [0.05, 0.1) is 5.69 Å². The Labute approximate surface area is 84.0 Å². The molecule has 1 N–H and O–H groups in total. The predicted octanol–water partition coefficient (Wildman–Crippen LogP) is 2.50. The van der Waals surface area contributed by atoms with Crippen LogP contribution in [-0.4, -0.2) is 5.97 Å². The van der Waals surface area contributed by atoms with Crippen LogP contribution in [0.15, 0.2) is 12.1 Å². The molecule has 0 unspecified atom stereocenters. The van der Waals surface area contributed by atoms with Gasteiger partial charge in [-0.25, -0.2) is 5.48 Å². The number of benzene rings is 1. The lowest BCUT2D eigenvalue weighted by Crippen LogP contribution is -2.08. The summed E-state index contributed by atoms with van der Waals surface area (Å²) in [5.74, 6) is -0.343. The van der Waals surface area contributed by atoms with Gasteiger partial charge in [0.2, 0.25) is 0 Å². The number of nitrogens with one attached hydrogen (secondary N) is 1. The minimum absolute atomic E-state index is 0.343. The van der Waals surface area contributed by atoms with E-state index in [0.717, 1.165) is 16.8 Å². The largest absolute Gasteiger partial charge is 0.344 e. The topological polar surface area (TPSA) is 38.3 Å². The first-order valence-electron chi connectivity index (χ1n) is 4.52. The Hall–Kier alpha value is -1.51. The molecule has 0 spiro atoms. The van der Waals surface area contributed by atoms with Gasteiger partial charge >= 0.3 is 5.97 Å². The van der Waals surface area contributed by atoms with E-state index in [9.17, 15) is 4.79 Å². The molecule has 3 nitrogen and oxygen atoms in total. The van der Waals surface area contributed by atoms with Crippen molar-refractivity contribution >= 4 is 11.7 Å². The number of carbonyl (C=O) groups excluding carboxylic acids is 1. The SMILES string of the molecule is CC(=O)ONc1c(C)cc(C)cc1C. The second-order valence-electron chi connectivity index (χ2n) is 3.47. The zero-order chi connectivity index (χ0) is 10.7. The molecule has 0 aliphatic carbocycles. The van der Waals surface area contributed by atoms with E-state index in [-0.39, 0.29) is 5.97 Å². The third kappa shape index (κ3) is 2.49. The van der Waals surface area contributed by atoms with Crippen LogP contribution < -0.4 is 5.48 Å². The van der Waals surface area contributed by atoms with E-state index in [1.165, 1.54) is 12.5 Å². The highest BCUT2D eigenvalue weighted by atomic mass is 16.7. The summed E-state index contributed by atoms with van der Waals surface area (Å²) < 4.78 is 0. The Kier molecular flexibility index (Phi) is 3.12. The zero-order valence-electron chi connectivity index (χ0n) is 8.97. The highest BCUT2D eigenvalue weighted by molar-refractivity contribution is 5.68. The van der Waals surface area contributed by atoms with E-state index in [4.69, 9.17) is 4.84 Å². The van der Waals surface area contributed by atoms with Crippen molar-refractivity contribution in [1.29, 1.82) is 0 Å². The molecule has 0 radical (unpaired) electrons. The first-order chi connectivity index (χ1) is 6.50. The molecule has 0 bridgehead atoms. The maximum absolute atomic E-state index is 10.6. The number of carbonyl (C=O) groups is 1. The van der Waals surface area contributed by atoms with E-state index in [0.29, 0.717) is 0 Å². The Morgan fingerprint density at radius 2 is 1.71 bits per heavy atom. The van der Waals surface area contributed by atoms with Crippen LogP contribution in [0.1, 0.15) is 23.6 Å². The van der Waals surface area contributed by atoms with Crippen LogP contribution in [0.4, 0.5) is 5.69 Å². The van der Waals surface area contributed by atoms with Crippen LogP contribution >= 0.6 is 0 Å². The lowest BCUT2D eigenvalue weighted by Gasteiger charge is -2.12. The molecular weight excluding hydrogens is 178 g/mol. The van der Waals surface area contributed by atoms with Crippen molar-refractivity contribution in [3.05, 3.63) is 28.8 Å². The molecule has 0 aliphatic rings. The van der Waals surface area contributed by atoms with Crippen molar-refractivity contribution < 1.29 is 9.63 Å². The van der Waals surface area contributed by atoms with Crippen molar-refractivity contribution in [2.45, 2.75) is 27.7 Å². The van der Waals surface area contributed by atoms with Gasteiger partial charge in [-0.05, 0) is 31.9 Å². The van der Waals surface area contributed by atoms with Crippen LogP contribution in [0.25, 0.3) is 0 Å². The monoisotopic (exact) mass is 193 g/mol. The van der Waals surface area contributed by atoms with Gasteiger partial charge in [-0.3, -0.25) is 4.79 Å². The van der Waals surface area contributed by atoms with Crippen molar-refractivity contribution in [3.63, 3.8) is 0 Å². The maximum atomic E-state index is 10.6. The second-order valence-corrected chi connectivity index (χ2v) is 3.47. The molecule has 1 aromatic carbocycles. The molecule has 14 heavy (non-hydrogen) atoms. The Morgan fingerprint density at radius 1 is 1.21 bits per heavy atom. The Bertz CT molecular complexity index is 335. The molecule has 1 rings (SSSR count). The minimum Gasteiger partial charge on any atom is -0.344 e. The number of anilines is 1. The van der Waals surface area contributed by atoms with Crippen LogP contribution in [0.2, 0.25) is 0 Å². The zero-order valence-corrected chi connectivity index (χ0v) is 8.97. The number of aryl methyl sites for hydroxylation is 3. The average Bonchev–Trinajstić information content (AvgIpc) is 2.01. The van der Waals surface area contributed by atoms with Gasteiger partial charge in [0.15, 0.2) is 0 Å². The molecule has 0 fully saturated rings. The Morgan fingerprint density at radius 3 is 2.14 bits per heavy atom. The normalized spacial score (nSPS) is 9.71. The van der Waals surface area contributed by atoms with E-state index in [2.05, 4.69) is 5.48 Å². The molecule has 76 valence electrons. The number of hydrogen-bond donors (Lipinski definition) is 1. The minimum atomic E-state index is -0.343. The maximum Gasteiger partial charge on any atom is 0.329 e. The van der Waals surface area contributed by atoms with Gasteiger partial charge in [0.1, 0.15) is 0 Å². The third-order valence-corrected chi connectivity index (χ3v) is 1.97. The van der Waals surface area contributed by atoms with Crippen LogP contribution in [0.5, 0.6) is 0 Å². The van der Waals surface area contributed by atoms with E-state index in [1.54, 1.807) is 0 Å². The summed E-state index contributed by atoms with van der Waals surface area (Å²) in [4.78, 5) is 15.4. The van der Waals surface area contributed by atoms with Crippen LogP contribution in [0.3, 0.4) is 0 Å². The summed E-state index contributed by atoms with van der Waals surface area (Å²) in [6.45, 7) is 7.36. The lowest BCUT2D eigenvalue weighted by molar-refractivity contribution is -0.138. The number of rotatable bonds is 2. The molecule has 0 atom stereocenters. The fourth-order valence-corrected chi connectivity index (χ4v) is 1.46. The third-order valence-electron chi connectivity index (χ3n) is 1.97. The smallest absolute Gasteiger partial charge is 0.329 e. The molecule has 0 heterocycles. The highest BCUT2D eigenvalue weighted by Crippen LogP contribution is 2.21. The fraction of sp³-hybridized carbons (Fsp3) is 0.364. The summed E-state index contributed by atoms with van der Waals surface area (Å²) >= 11 is 0. The van der Waals surface area contributed by atoms with Gasteiger partial charge in [-0.2, -0.15) is 0 Å². The number of hydrogen-bond acceptors (Lipinski definition) is 3. The van der Waals surface area contributed by atoms with Crippen molar-refractivity contribution in [1.82, 2.24) is 0 Å². The average molecular weight is 193 g/mol. The molecule has 0 saturated carbocycles. The first-order valence-corrected chi connectivity index (χ1v) is 4.52. The quantitative estimate of drug-likeness (QED) is 0.733. The van der Waals surface area contributed by atoms with Crippen LogP contribution in [-0.2, 0) is 9.63 Å². The molecule has 0 aliphatic heterocycles. The lowest BCUT2D eigenvalue weighted by atomic mass is 10.1. The summed E-state index contributed by atoms with van der Waals surface area (Å²) in [6, 6.07) is 4.08. The van der Waals surface area contributed by atoms with Crippen LogP contribution in [0, 0.1) is 20.8 Å². The molecule has 0 saturated heterocycles. The van der Waals surface area contributed by atoms with E-state index in [1.807, 2.05) is 32.9 Å².